The van der Waals surface area contributed by atoms with Gasteiger partial charge in [-0.05, 0) is 74.6 Å². The molecule has 176 valence electrons. The van der Waals surface area contributed by atoms with Crippen molar-refractivity contribution in [2.45, 2.75) is 50.2 Å². The van der Waals surface area contributed by atoms with Gasteiger partial charge < -0.3 is 20.1 Å². The second-order valence-corrected chi connectivity index (χ2v) is 10.6. The summed E-state index contributed by atoms with van der Waals surface area (Å²) in [7, 11) is -3.59. The molecule has 3 N–H and O–H groups in total. The molecule has 1 aliphatic heterocycles. The highest BCUT2D eigenvalue weighted by Crippen LogP contribution is 2.36. The molecule has 1 fully saturated rings. The van der Waals surface area contributed by atoms with E-state index in [1.54, 1.807) is 34.9 Å². The van der Waals surface area contributed by atoms with Gasteiger partial charge in [0.15, 0.2) is 0 Å². The number of carboxylic acid groups (broad SMARTS) is 1. The van der Waals surface area contributed by atoms with Crippen molar-refractivity contribution >= 4 is 32.6 Å². The quantitative estimate of drug-likeness (QED) is 0.508. The zero-order valence-electron chi connectivity index (χ0n) is 18.8. The summed E-state index contributed by atoms with van der Waals surface area (Å²) in [6.45, 7) is 4.49. The SMILES string of the molecule is CC(C)Oc1ccc(S(=O)(=O)N2CCC(c3cn(CC(=O)O)c4cc(N)ccc34)CC2)cc1. The molecule has 9 heteroatoms. The Morgan fingerprint density at radius 3 is 2.42 bits per heavy atom. The van der Waals surface area contributed by atoms with Crippen molar-refractivity contribution in [1.82, 2.24) is 8.87 Å². The predicted molar refractivity (Wildman–Crippen MR) is 127 cm³/mol. The van der Waals surface area contributed by atoms with Crippen LogP contribution in [0.15, 0.2) is 53.6 Å². The van der Waals surface area contributed by atoms with Crippen molar-refractivity contribution in [2.75, 3.05) is 18.8 Å². The average Bonchev–Trinajstić information content (AvgIpc) is 3.10. The van der Waals surface area contributed by atoms with Crippen LogP contribution in [-0.4, -0.2) is 47.6 Å². The van der Waals surface area contributed by atoms with Crippen LogP contribution < -0.4 is 10.5 Å². The number of aromatic nitrogens is 1. The molecule has 0 radical (unpaired) electrons. The fourth-order valence-electron chi connectivity index (χ4n) is 4.46. The molecule has 0 aliphatic carbocycles. The number of hydrogen-bond acceptors (Lipinski definition) is 5. The Balaban J connectivity index is 1.52. The second-order valence-electron chi connectivity index (χ2n) is 8.70. The van der Waals surface area contributed by atoms with E-state index in [0.29, 0.717) is 37.4 Å². The van der Waals surface area contributed by atoms with Gasteiger partial charge in [0.2, 0.25) is 10.0 Å². The summed E-state index contributed by atoms with van der Waals surface area (Å²) in [6, 6.07) is 12.1. The number of carboxylic acids is 1. The smallest absolute Gasteiger partial charge is 0.323 e. The first kappa shape index (κ1) is 23.1. The fourth-order valence-corrected chi connectivity index (χ4v) is 5.93. The Labute approximate surface area is 193 Å². The van der Waals surface area contributed by atoms with Crippen molar-refractivity contribution in [3.8, 4) is 5.75 Å². The lowest BCUT2D eigenvalue weighted by atomic mass is 9.90. The van der Waals surface area contributed by atoms with E-state index < -0.39 is 16.0 Å². The standard InChI is InChI=1S/C24H29N3O5S/c1-16(2)32-19-4-6-20(7-5-19)33(30,31)27-11-9-17(10-12-27)22-14-26(15-24(28)29)23-13-18(25)3-8-21(22)23/h3-8,13-14,16-17H,9-12,15,25H2,1-2H3,(H,28,29). The van der Waals surface area contributed by atoms with Gasteiger partial charge in [0, 0.05) is 30.4 Å². The first-order valence-corrected chi connectivity index (χ1v) is 12.5. The van der Waals surface area contributed by atoms with Crippen molar-refractivity contribution in [1.29, 1.82) is 0 Å². The van der Waals surface area contributed by atoms with Gasteiger partial charge in [0.1, 0.15) is 12.3 Å². The molecule has 0 atom stereocenters. The van der Waals surface area contributed by atoms with E-state index in [-0.39, 0.29) is 23.5 Å². The lowest BCUT2D eigenvalue weighted by Crippen LogP contribution is -2.37. The summed E-state index contributed by atoms with van der Waals surface area (Å²) in [4.78, 5) is 11.6. The summed E-state index contributed by atoms with van der Waals surface area (Å²) in [6.07, 6.45) is 3.21. The number of anilines is 1. The lowest BCUT2D eigenvalue weighted by molar-refractivity contribution is -0.137. The molecular weight excluding hydrogens is 442 g/mol. The Morgan fingerprint density at radius 2 is 1.82 bits per heavy atom. The molecule has 3 aromatic rings. The predicted octanol–water partition coefficient (Wildman–Crippen LogP) is 3.66. The van der Waals surface area contributed by atoms with Crippen molar-refractivity contribution in [2.24, 2.45) is 0 Å². The zero-order valence-corrected chi connectivity index (χ0v) is 19.6. The average molecular weight is 472 g/mol. The van der Waals surface area contributed by atoms with Crippen LogP contribution in [0.5, 0.6) is 5.75 Å². The molecule has 1 aliphatic rings. The number of aliphatic carboxylic acids is 1. The third-order valence-electron chi connectivity index (χ3n) is 5.97. The van der Waals surface area contributed by atoms with Gasteiger partial charge in [0.25, 0.3) is 0 Å². The molecule has 1 saturated heterocycles. The monoisotopic (exact) mass is 471 g/mol. The van der Waals surface area contributed by atoms with Gasteiger partial charge in [-0.25, -0.2) is 8.42 Å². The van der Waals surface area contributed by atoms with Gasteiger partial charge >= 0.3 is 5.97 Å². The number of rotatable bonds is 7. The van der Waals surface area contributed by atoms with Crippen LogP contribution in [0.2, 0.25) is 0 Å². The Morgan fingerprint density at radius 1 is 1.15 bits per heavy atom. The molecular formula is C24H29N3O5S. The highest BCUT2D eigenvalue weighted by atomic mass is 32.2. The molecule has 0 saturated carbocycles. The van der Waals surface area contributed by atoms with Crippen LogP contribution in [0.25, 0.3) is 10.9 Å². The highest BCUT2D eigenvalue weighted by Gasteiger charge is 2.31. The Kier molecular flexibility index (Phi) is 6.36. The fraction of sp³-hybridized carbons (Fsp3) is 0.375. The number of hydrogen-bond donors (Lipinski definition) is 2. The topological polar surface area (TPSA) is 115 Å². The number of carbonyl (C=O) groups is 1. The van der Waals surface area contributed by atoms with Gasteiger partial charge in [-0.15, -0.1) is 0 Å². The Hall–Kier alpha value is -3.04. The number of piperidine rings is 1. The number of fused-ring (bicyclic) bond motifs is 1. The minimum Gasteiger partial charge on any atom is -0.491 e. The number of nitrogen functional groups attached to an aromatic ring is 1. The highest BCUT2D eigenvalue weighted by molar-refractivity contribution is 7.89. The van der Waals surface area contributed by atoms with Gasteiger partial charge in [-0.2, -0.15) is 4.31 Å². The molecule has 8 nitrogen and oxygen atoms in total. The van der Waals surface area contributed by atoms with E-state index in [0.717, 1.165) is 16.5 Å². The molecule has 2 aromatic carbocycles. The van der Waals surface area contributed by atoms with Gasteiger partial charge in [0.05, 0.1) is 16.5 Å². The molecule has 0 spiro atoms. The lowest BCUT2D eigenvalue weighted by Gasteiger charge is -2.31. The number of benzene rings is 2. The molecule has 0 amide bonds. The molecule has 33 heavy (non-hydrogen) atoms. The first-order valence-electron chi connectivity index (χ1n) is 11.0. The van der Waals surface area contributed by atoms with E-state index in [1.165, 1.54) is 4.31 Å². The maximum atomic E-state index is 13.1. The third kappa shape index (κ3) is 4.84. The van der Waals surface area contributed by atoms with Crippen LogP contribution in [0.4, 0.5) is 5.69 Å². The maximum absolute atomic E-state index is 13.1. The number of sulfonamides is 1. The van der Waals surface area contributed by atoms with Crippen LogP contribution in [-0.2, 0) is 21.4 Å². The number of nitrogens with zero attached hydrogens (tertiary/aromatic N) is 2. The summed E-state index contributed by atoms with van der Waals surface area (Å²) in [5.74, 6) is -0.146. The molecule has 1 aromatic heterocycles. The Bertz CT molecular complexity index is 1260. The number of nitrogens with two attached hydrogens (primary N) is 1. The largest absolute Gasteiger partial charge is 0.491 e. The van der Waals surface area contributed by atoms with E-state index in [9.17, 15) is 18.3 Å². The summed E-state index contributed by atoms with van der Waals surface area (Å²) >= 11 is 0. The van der Waals surface area contributed by atoms with Crippen LogP contribution in [0.3, 0.4) is 0 Å². The van der Waals surface area contributed by atoms with E-state index >= 15 is 0 Å². The van der Waals surface area contributed by atoms with Crippen LogP contribution >= 0.6 is 0 Å². The third-order valence-corrected chi connectivity index (χ3v) is 7.88. The summed E-state index contributed by atoms with van der Waals surface area (Å²) < 4.78 is 35.1. The molecule has 0 bridgehead atoms. The van der Waals surface area contributed by atoms with E-state index in [2.05, 4.69) is 0 Å². The summed E-state index contributed by atoms with van der Waals surface area (Å²) in [5.41, 5.74) is 8.32. The van der Waals surface area contributed by atoms with Crippen molar-refractivity contribution in [3.05, 3.63) is 54.2 Å². The molecule has 0 unspecified atom stereocenters. The van der Waals surface area contributed by atoms with Crippen molar-refractivity contribution < 1.29 is 23.1 Å². The van der Waals surface area contributed by atoms with Crippen LogP contribution in [0.1, 0.15) is 38.2 Å². The van der Waals surface area contributed by atoms with E-state index in [4.69, 9.17) is 10.5 Å². The summed E-state index contributed by atoms with van der Waals surface area (Å²) in [5, 5.41) is 10.2. The zero-order chi connectivity index (χ0) is 23.8. The first-order chi connectivity index (χ1) is 15.6. The second kappa shape index (κ2) is 9.07. The van der Waals surface area contributed by atoms with Crippen molar-refractivity contribution in [3.63, 3.8) is 0 Å². The minimum absolute atomic E-state index is 0.0179. The molecule has 4 rings (SSSR count). The number of ether oxygens (including phenoxy) is 1. The minimum atomic E-state index is -3.59. The molecule has 2 heterocycles. The van der Waals surface area contributed by atoms with Gasteiger partial charge in [-0.1, -0.05) is 6.07 Å². The van der Waals surface area contributed by atoms with E-state index in [1.807, 2.05) is 32.2 Å². The normalized spacial score (nSPS) is 15.8. The van der Waals surface area contributed by atoms with Crippen LogP contribution in [0, 0.1) is 0 Å². The maximum Gasteiger partial charge on any atom is 0.323 e. The van der Waals surface area contributed by atoms with Gasteiger partial charge in [-0.3, -0.25) is 4.79 Å².